The molecular formula is C10H12N2O2. The first-order chi connectivity index (χ1) is 6.68. The number of carbonyl (C=O) groups excluding carboxylic acids is 1. The van der Waals surface area contributed by atoms with Crippen LogP contribution in [0.2, 0.25) is 0 Å². The monoisotopic (exact) mass is 192 g/mol. The Morgan fingerprint density at radius 3 is 2.93 bits per heavy atom. The van der Waals surface area contributed by atoms with E-state index in [4.69, 9.17) is 0 Å². The van der Waals surface area contributed by atoms with Crippen LogP contribution in [0, 0.1) is 5.92 Å². The van der Waals surface area contributed by atoms with Gasteiger partial charge in [0.15, 0.2) is 5.69 Å². The van der Waals surface area contributed by atoms with Crippen molar-refractivity contribution in [3.63, 3.8) is 0 Å². The molecule has 1 aliphatic heterocycles. The zero-order valence-electron chi connectivity index (χ0n) is 7.97. The second-order valence-electron chi connectivity index (χ2n) is 3.69. The third kappa shape index (κ3) is 1.43. The summed E-state index contributed by atoms with van der Waals surface area (Å²) < 4.78 is 0. The quantitative estimate of drug-likeness (QED) is 0.718. The first-order valence-corrected chi connectivity index (χ1v) is 4.61. The summed E-state index contributed by atoms with van der Waals surface area (Å²) in [5, 5.41) is 9.41. The molecule has 0 aliphatic carbocycles. The maximum Gasteiger partial charge on any atom is 0.276 e. The van der Waals surface area contributed by atoms with Gasteiger partial charge >= 0.3 is 0 Å². The Bertz CT molecular complexity index is 359. The van der Waals surface area contributed by atoms with Gasteiger partial charge in [0.1, 0.15) is 5.75 Å². The largest absolute Gasteiger partial charge is 0.505 e. The summed E-state index contributed by atoms with van der Waals surface area (Å²) in [6.07, 6.45) is 1.51. The number of carbonyl (C=O) groups is 1. The van der Waals surface area contributed by atoms with E-state index in [2.05, 4.69) is 11.9 Å². The number of likely N-dealkylation sites (tertiary alicyclic amines) is 1. The highest BCUT2D eigenvalue weighted by atomic mass is 16.3. The van der Waals surface area contributed by atoms with E-state index in [1.165, 1.54) is 12.3 Å². The van der Waals surface area contributed by atoms with Crippen molar-refractivity contribution in [1.29, 1.82) is 0 Å². The van der Waals surface area contributed by atoms with Crippen LogP contribution in [0.5, 0.6) is 5.75 Å². The molecule has 74 valence electrons. The highest BCUT2D eigenvalue weighted by Gasteiger charge is 2.29. The molecule has 1 aromatic rings. The molecule has 14 heavy (non-hydrogen) atoms. The van der Waals surface area contributed by atoms with Crippen LogP contribution in [0.15, 0.2) is 18.3 Å². The minimum atomic E-state index is -0.179. The van der Waals surface area contributed by atoms with Gasteiger partial charge in [0.2, 0.25) is 0 Å². The average molecular weight is 192 g/mol. The fraction of sp³-hybridized carbons (Fsp3) is 0.400. The predicted molar refractivity (Wildman–Crippen MR) is 51.0 cm³/mol. The van der Waals surface area contributed by atoms with Crippen molar-refractivity contribution in [2.24, 2.45) is 5.92 Å². The molecule has 1 amide bonds. The van der Waals surface area contributed by atoms with E-state index in [-0.39, 0.29) is 17.4 Å². The molecule has 2 rings (SSSR count). The lowest BCUT2D eigenvalue weighted by molar-refractivity contribution is 0.0521. The topological polar surface area (TPSA) is 53.4 Å². The number of aromatic nitrogens is 1. The summed E-state index contributed by atoms with van der Waals surface area (Å²) in [7, 11) is 0. The van der Waals surface area contributed by atoms with Gasteiger partial charge in [0.25, 0.3) is 5.91 Å². The van der Waals surface area contributed by atoms with Crippen molar-refractivity contribution in [2.75, 3.05) is 13.1 Å². The normalized spacial score (nSPS) is 16.5. The number of hydrogen-bond acceptors (Lipinski definition) is 3. The molecule has 1 N–H and O–H groups in total. The molecule has 0 aromatic carbocycles. The number of nitrogens with zero attached hydrogens (tertiary/aromatic N) is 2. The maximum absolute atomic E-state index is 11.7. The van der Waals surface area contributed by atoms with Gasteiger partial charge in [0.05, 0.1) is 0 Å². The molecule has 1 aliphatic rings. The van der Waals surface area contributed by atoms with Crippen molar-refractivity contribution < 1.29 is 9.90 Å². The zero-order valence-corrected chi connectivity index (χ0v) is 7.97. The van der Waals surface area contributed by atoms with Crippen LogP contribution < -0.4 is 0 Å². The minimum Gasteiger partial charge on any atom is -0.505 e. The van der Waals surface area contributed by atoms with Crippen molar-refractivity contribution in [2.45, 2.75) is 6.92 Å². The molecule has 4 heteroatoms. The van der Waals surface area contributed by atoms with Crippen molar-refractivity contribution in [1.82, 2.24) is 9.88 Å². The van der Waals surface area contributed by atoms with Crippen LogP contribution in [0.3, 0.4) is 0 Å². The second-order valence-corrected chi connectivity index (χ2v) is 3.69. The van der Waals surface area contributed by atoms with Gasteiger partial charge in [-0.2, -0.15) is 0 Å². The van der Waals surface area contributed by atoms with Gasteiger partial charge in [-0.25, -0.2) is 4.98 Å². The van der Waals surface area contributed by atoms with Gasteiger partial charge in [-0.3, -0.25) is 4.79 Å². The second kappa shape index (κ2) is 3.29. The molecule has 0 radical (unpaired) electrons. The number of rotatable bonds is 1. The first-order valence-electron chi connectivity index (χ1n) is 4.61. The van der Waals surface area contributed by atoms with Gasteiger partial charge in [0, 0.05) is 19.3 Å². The lowest BCUT2D eigenvalue weighted by Gasteiger charge is -2.36. The van der Waals surface area contributed by atoms with E-state index in [9.17, 15) is 9.90 Å². The Labute approximate surface area is 82.2 Å². The molecular weight excluding hydrogens is 180 g/mol. The molecule has 0 spiro atoms. The summed E-state index contributed by atoms with van der Waals surface area (Å²) in [5.41, 5.74) is 0.152. The Hall–Kier alpha value is -1.58. The van der Waals surface area contributed by atoms with Crippen LogP contribution in [-0.2, 0) is 0 Å². The Balaban J connectivity index is 2.16. The van der Waals surface area contributed by atoms with Gasteiger partial charge in [-0.1, -0.05) is 6.92 Å². The fourth-order valence-electron chi connectivity index (χ4n) is 1.58. The highest BCUT2D eigenvalue weighted by molar-refractivity contribution is 5.95. The lowest BCUT2D eigenvalue weighted by atomic mass is 10.0. The van der Waals surface area contributed by atoms with Crippen LogP contribution >= 0.6 is 0 Å². The Kier molecular flexibility index (Phi) is 2.11. The Morgan fingerprint density at radius 2 is 2.36 bits per heavy atom. The van der Waals surface area contributed by atoms with E-state index in [1.807, 2.05) is 0 Å². The van der Waals surface area contributed by atoms with Crippen LogP contribution in [0.4, 0.5) is 0 Å². The molecule has 2 heterocycles. The third-order valence-corrected chi connectivity index (χ3v) is 2.34. The van der Waals surface area contributed by atoms with E-state index in [1.54, 1.807) is 11.0 Å². The molecule has 0 saturated carbocycles. The van der Waals surface area contributed by atoms with E-state index in [0.29, 0.717) is 5.92 Å². The van der Waals surface area contributed by atoms with E-state index in [0.717, 1.165) is 13.1 Å². The number of hydrogen-bond donors (Lipinski definition) is 1. The maximum atomic E-state index is 11.7. The number of pyridine rings is 1. The lowest BCUT2D eigenvalue weighted by Crippen LogP contribution is -2.48. The SMILES string of the molecule is CC1CN(C(=O)c2ncccc2O)C1. The summed E-state index contributed by atoms with van der Waals surface area (Å²) >= 11 is 0. The summed E-state index contributed by atoms with van der Waals surface area (Å²) in [4.78, 5) is 17.2. The van der Waals surface area contributed by atoms with Gasteiger partial charge < -0.3 is 10.0 Å². The smallest absolute Gasteiger partial charge is 0.276 e. The summed E-state index contributed by atoms with van der Waals surface area (Å²) in [5.74, 6) is 0.336. The predicted octanol–water partition coefficient (Wildman–Crippen LogP) is 0.879. The van der Waals surface area contributed by atoms with Crippen molar-refractivity contribution >= 4 is 5.91 Å². The molecule has 4 nitrogen and oxygen atoms in total. The van der Waals surface area contributed by atoms with Gasteiger partial charge in [-0.15, -0.1) is 0 Å². The van der Waals surface area contributed by atoms with Crippen molar-refractivity contribution in [3.8, 4) is 5.75 Å². The zero-order chi connectivity index (χ0) is 10.1. The van der Waals surface area contributed by atoms with Crippen LogP contribution in [-0.4, -0.2) is 34.0 Å². The summed E-state index contributed by atoms with van der Waals surface area (Å²) in [6.45, 7) is 3.60. The number of amides is 1. The van der Waals surface area contributed by atoms with E-state index < -0.39 is 0 Å². The number of aromatic hydroxyl groups is 1. The third-order valence-electron chi connectivity index (χ3n) is 2.34. The molecule has 0 atom stereocenters. The minimum absolute atomic E-state index is 0.0444. The molecule has 1 saturated heterocycles. The van der Waals surface area contributed by atoms with Crippen molar-refractivity contribution in [3.05, 3.63) is 24.0 Å². The van der Waals surface area contributed by atoms with Gasteiger partial charge in [-0.05, 0) is 18.1 Å². The fourth-order valence-corrected chi connectivity index (χ4v) is 1.58. The van der Waals surface area contributed by atoms with E-state index >= 15 is 0 Å². The summed E-state index contributed by atoms with van der Waals surface area (Å²) in [6, 6.07) is 3.08. The molecule has 1 aromatic heterocycles. The Morgan fingerprint density at radius 1 is 1.64 bits per heavy atom. The molecule has 1 fully saturated rings. The standard InChI is InChI=1S/C10H12N2O2/c1-7-5-12(6-7)10(14)9-8(13)3-2-4-11-9/h2-4,7,13H,5-6H2,1H3. The average Bonchev–Trinajstić information content (AvgIpc) is 2.13. The first kappa shape index (κ1) is 8.99. The molecule has 0 bridgehead atoms. The highest BCUT2D eigenvalue weighted by Crippen LogP contribution is 2.21. The molecule has 0 unspecified atom stereocenters. The van der Waals surface area contributed by atoms with Crippen LogP contribution in [0.25, 0.3) is 0 Å². The van der Waals surface area contributed by atoms with Crippen LogP contribution in [0.1, 0.15) is 17.4 Å².